The van der Waals surface area contributed by atoms with Gasteiger partial charge in [-0.15, -0.1) is 0 Å². The van der Waals surface area contributed by atoms with Crippen LogP contribution < -0.4 is 10.1 Å². The van der Waals surface area contributed by atoms with Gasteiger partial charge in [-0.2, -0.15) is 5.10 Å². The number of amides is 2. The highest BCUT2D eigenvalue weighted by Crippen LogP contribution is 2.12. The Morgan fingerprint density at radius 2 is 1.74 bits per heavy atom. The van der Waals surface area contributed by atoms with E-state index in [0.717, 1.165) is 31.2 Å². The van der Waals surface area contributed by atoms with Crippen molar-refractivity contribution in [1.82, 2.24) is 15.0 Å². The number of benzene rings is 1. The van der Waals surface area contributed by atoms with Crippen LogP contribution >= 0.6 is 0 Å². The molecule has 2 amide bonds. The smallest absolute Gasteiger partial charge is 0.329 e. The van der Waals surface area contributed by atoms with Crippen molar-refractivity contribution in [3.63, 3.8) is 0 Å². The summed E-state index contributed by atoms with van der Waals surface area (Å²) in [4.78, 5) is 25.9. The van der Waals surface area contributed by atoms with E-state index in [1.54, 1.807) is 29.2 Å². The average molecular weight is 447 g/mol. The molecule has 0 bridgehead atoms. The summed E-state index contributed by atoms with van der Waals surface area (Å²) in [5.74, 6) is -0.698. The molecule has 0 unspecified atom stereocenters. The maximum absolute atomic E-state index is 12.3. The van der Waals surface area contributed by atoms with Gasteiger partial charge in [-0.3, -0.25) is 9.59 Å². The number of hydrazone groups is 1. The highest BCUT2D eigenvalue weighted by atomic mass is 32.2. The monoisotopic (exact) mass is 446 g/mol. The maximum Gasteiger partial charge on any atom is 0.329 e. The van der Waals surface area contributed by atoms with Crippen LogP contribution in [0.1, 0.15) is 42.8 Å². The van der Waals surface area contributed by atoms with E-state index in [4.69, 9.17) is 4.42 Å². The van der Waals surface area contributed by atoms with Crippen molar-refractivity contribution in [2.75, 3.05) is 13.1 Å². The first-order valence-electron chi connectivity index (χ1n) is 10.1. The number of hydrogen-bond acceptors (Lipinski definition) is 6. The molecule has 0 radical (unpaired) electrons. The zero-order valence-corrected chi connectivity index (χ0v) is 18.2. The van der Waals surface area contributed by atoms with Gasteiger partial charge in [-0.1, -0.05) is 30.5 Å². The molecule has 166 valence electrons. The number of nitrogens with one attached hydrogen (secondary N) is 2. The number of carbonyl (C=O) groups is 2. The Kier molecular flexibility index (Phi) is 7.59. The molecule has 0 spiro atoms. The van der Waals surface area contributed by atoms with Crippen molar-refractivity contribution in [3.8, 4) is 0 Å². The molecule has 2 heterocycles. The van der Waals surface area contributed by atoms with Crippen LogP contribution in [0.3, 0.4) is 0 Å². The van der Waals surface area contributed by atoms with Crippen LogP contribution in [0.25, 0.3) is 0 Å². The molecule has 3 rings (SSSR count). The van der Waals surface area contributed by atoms with Crippen LogP contribution in [0.5, 0.6) is 0 Å². The quantitative estimate of drug-likeness (QED) is 0.399. The molecule has 9 nitrogen and oxygen atoms in total. The third-order valence-electron chi connectivity index (χ3n) is 4.90. The number of rotatable bonds is 6. The van der Waals surface area contributed by atoms with E-state index in [1.807, 2.05) is 6.92 Å². The fourth-order valence-electron chi connectivity index (χ4n) is 3.15. The highest BCUT2D eigenvalue weighted by Gasteiger charge is 2.22. The molecule has 10 heteroatoms. The zero-order valence-electron chi connectivity index (χ0n) is 17.3. The van der Waals surface area contributed by atoms with Gasteiger partial charge in [0.05, 0.1) is 17.7 Å². The van der Waals surface area contributed by atoms with Crippen LogP contribution in [0.2, 0.25) is 0 Å². The summed E-state index contributed by atoms with van der Waals surface area (Å²) in [5.41, 5.74) is 3.17. The molecule has 0 saturated carbocycles. The second-order valence-electron chi connectivity index (χ2n) is 7.35. The largest absolute Gasteiger partial charge is 0.459 e. The Morgan fingerprint density at radius 3 is 2.42 bits per heavy atom. The lowest BCUT2D eigenvalue weighted by molar-refractivity contribution is -0.145. The minimum Gasteiger partial charge on any atom is -0.459 e. The predicted octanol–water partition coefficient (Wildman–Crippen LogP) is 1.92. The van der Waals surface area contributed by atoms with Gasteiger partial charge in [0.15, 0.2) is 0 Å². The number of hydrogen-bond donors (Lipinski definition) is 2. The minimum absolute atomic E-state index is 0.0378. The fourth-order valence-corrected chi connectivity index (χ4v) is 4.14. The Labute approximate surface area is 181 Å². The van der Waals surface area contributed by atoms with Gasteiger partial charge in [0.25, 0.3) is 0 Å². The number of carbonyl (C=O) groups excluding carboxylic acids is 2. The molecule has 1 aliphatic rings. The predicted molar refractivity (Wildman–Crippen MR) is 115 cm³/mol. The molecule has 2 aromatic rings. The second kappa shape index (κ2) is 10.4. The third kappa shape index (κ3) is 6.50. The molecule has 1 aliphatic heterocycles. The summed E-state index contributed by atoms with van der Waals surface area (Å²) in [6.07, 6.45) is 5.17. The van der Waals surface area contributed by atoms with E-state index in [2.05, 4.69) is 15.2 Å². The molecule has 1 fully saturated rings. The lowest BCUT2D eigenvalue weighted by Crippen LogP contribution is -2.41. The van der Waals surface area contributed by atoms with E-state index >= 15 is 0 Å². The first-order chi connectivity index (χ1) is 14.8. The van der Waals surface area contributed by atoms with Crippen LogP contribution in [0.4, 0.5) is 0 Å². The average Bonchev–Trinajstić information content (AvgIpc) is 3.03. The molecule has 0 atom stereocenters. The van der Waals surface area contributed by atoms with Crippen LogP contribution in [-0.4, -0.2) is 44.4 Å². The van der Waals surface area contributed by atoms with Crippen molar-refractivity contribution < 1.29 is 22.4 Å². The zero-order chi connectivity index (χ0) is 22.3. The van der Waals surface area contributed by atoms with E-state index in [1.165, 1.54) is 18.3 Å². The lowest BCUT2D eigenvalue weighted by Gasteiger charge is -2.18. The number of aryl methyl sites for hydroxylation is 1. The summed E-state index contributed by atoms with van der Waals surface area (Å²) >= 11 is 0. The van der Waals surface area contributed by atoms with E-state index in [-0.39, 0.29) is 11.4 Å². The second-order valence-corrected chi connectivity index (χ2v) is 9.11. The van der Waals surface area contributed by atoms with Gasteiger partial charge < -0.3 is 9.32 Å². The standard InChI is InChI=1S/C21H26N4O5S/c1-16-6-10-19(11-7-16)31(28,29)23-15-18-9-8-17(30-18)14-22-24-20(26)21(27)25-12-4-2-3-5-13-25/h6-11,14,23H,2-5,12-13,15H2,1H3,(H,24,26)/b22-14+. The molecule has 1 aromatic carbocycles. The normalized spacial score (nSPS) is 15.1. The summed E-state index contributed by atoms with van der Waals surface area (Å²) in [6.45, 7) is 3.00. The Bertz CT molecular complexity index is 1040. The van der Waals surface area contributed by atoms with Crippen molar-refractivity contribution in [1.29, 1.82) is 0 Å². The van der Waals surface area contributed by atoms with E-state index in [9.17, 15) is 18.0 Å². The van der Waals surface area contributed by atoms with Crippen molar-refractivity contribution in [3.05, 3.63) is 53.5 Å². The summed E-state index contributed by atoms with van der Waals surface area (Å²) in [6, 6.07) is 9.70. The van der Waals surface area contributed by atoms with Crippen LogP contribution in [0.15, 0.2) is 50.8 Å². The van der Waals surface area contributed by atoms with Crippen molar-refractivity contribution >= 4 is 28.1 Å². The van der Waals surface area contributed by atoms with Gasteiger partial charge in [0, 0.05) is 13.1 Å². The molecular weight excluding hydrogens is 420 g/mol. The first-order valence-corrected chi connectivity index (χ1v) is 11.6. The van der Waals surface area contributed by atoms with Crippen molar-refractivity contribution in [2.45, 2.75) is 44.0 Å². The summed E-state index contributed by atoms with van der Waals surface area (Å²) in [7, 11) is -3.66. The first kappa shape index (κ1) is 22.7. The lowest BCUT2D eigenvalue weighted by atomic mass is 10.2. The number of likely N-dealkylation sites (tertiary alicyclic amines) is 1. The number of furan rings is 1. The van der Waals surface area contributed by atoms with Gasteiger partial charge >= 0.3 is 11.8 Å². The topological polar surface area (TPSA) is 121 Å². The van der Waals surface area contributed by atoms with Gasteiger partial charge in [0.1, 0.15) is 11.5 Å². The minimum atomic E-state index is -3.66. The SMILES string of the molecule is Cc1ccc(S(=O)(=O)NCc2ccc(/C=N/NC(=O)C(=O)N3CCCCCC3)o2)cc1. The van der Waals surface area contributed by atoms with Crippen molar-refractivity contribution in [2.24, 2.45) is 5.10 Å². The van der Waals surface area contributed by atoms with E-state index in [0.29, 0.717) is 24.6 Å². The molecule has 2 N–H and O–H groups in total. The van der Waals surface area contributed by atoms with E-state index < -0.39 is 21.8 Å². The Morgan fingerprint density at radius 1 is 1.06 bits per heavy atom. The Balaban J connectivity index is 1.50. The number of nitrogens with zero attached hydrogens (tertiary/aromatic N) is 2. The van der Waals surface area contributed by atoms with Gasteiger partial charge in [-0.05, 0) is 44.0 Å². The number of sulfonamides is 1. The van der Waals surface area contributed by atoms with Gasteiger partial charge in [0.2, 0.25) is 10.0 Å². The van der Waals surface area contributed by atoms with Crippen LogP contribution in [-0.2, 0) is 26.2 Å². The molecule has 1 aromatic heterocycles. The summed E-state index contributed by atoms with van der Waals surface area (Å²) < 4.78 is 32.6. The Hall–Kier alpha value is -2.98. The van der Waals surface area contributed by atoms with Crippen LogP contribution in [0, 0.1) is 6.92 Å². The molecular formula is C21H26N4O5S. The molecule has 0 aliphatic carbocycles. The van der Waals surface area contributed by atoms with Gasteiger partial charge in [-0.25, -0.2) is 18.6 Å². The fraction of sp³-hybridized carbons (Fsp3) is 0.381. The molecule has 1 saturated heterocycles. The maximum atomic E-state index is 12.3. The molecule has 31 heavy (non-hydrogen) atoms. The summed E-state index contributed by atoms with van der Waals surface area (Å²) in [5, 5.41) is 3.75. The highest BCUT2D eigenvalue weighted by molar-refractivity contribution is 7.89. The third-order valence-corrected chi connectivity index (χ3v) is 6.31.